The van der Waals surface area contributed by atoms with Gasteiger partial charge in [-0.2, -0.15) is 13.2 Å². The van der Waals surface area contributed by atoms with Gasteiger partial charge < -0.3 is 14.4 Å². The van der Waals surface area contributed by atoms with Crippen LogP contribution in [0.25, 0.3) is 10.2 Å². The maximum Gasteiger partial charge on any atom is 0.425 e. The molecule has 29 heavy (non-hydrogen) atoms. The van der Waals surface area contributed by atoms with Crippen LogP contribution in [0.5, 0.6) is 0 Å². The van der Waals surface area contributed by atoms with E-state index < -0.39 is 29.9 Å². The zero-order chi connectivity index (χ0) is 20.6. The molecule has 3 aromatic rings. The predicted octanol–water partition coefficient (Wildman–Crippen LogP) is 4.44. The van der Waals surface area contributed by atoms with E-state index >= 15 is 0 Å². The number of carbonyl (C=O) groups is 1. The van der Waals surface area contributed by atoms with Crippen molar-refractivity contribution in [2.24, 2.45) is 0 Å². The van der Waals surface area contributed by atoms with Crippen LogP contribution in [0.1, 0.15) is 35.9 Å². The summed E-state index contributed by atoms with van der Waals surface area (Å²) in [6, 6.07) is 10.1. The lowest BCUT2D eigenvalue weighted by Gasteiger charge is -2.34. The van der Waals surface area contributed by atoms with Gasteiger partial charge in [-0.1, -0.05) is 12.1 Å². The number of carbonyl (C=O) groups excluding carboxylic acids is 1. The van der Waals surface area contributed by atoms with E-state index in [4.69, 9.17) is 4.42 Å². The average molecular weight is 424 g/mol. The number of hydrogen-bond acceptors (Lipinski definition) is 5. The molecule has 0 aliphatic carbocycles. The van der Waals surface area contributed by atoms with Gasteiger partial charge in [-0.25, -0.2) is 4.98 Å². The van der Waals surface area contributed by atoms with E-state index in [9.17, 15) is 23.1 Å². The molecule has 1 atom stereocenters. The van der Waals surface area contributed by atoms with Gasteiger partial charge in [0.15, 0.2) is 0 Å². The molecule has 0 spiro atoms. The van der Waals surface area contributed by atoms with E-state index in [1.807, 2.05) is 24.3 Å². The Bertz CT molecular complexity index is 961. The highest BCUT2D eigenvalue weighted by molar-refractivity contribution is 7.18. The molecule has 1 amide bonds. The fourth-order valence-corrected chi connectivity index (χ4v) is 4.75. The molecule has 0 unspecified atom stereocenters. The second-order valence-electron chi connectivity index (χ2n) is 7.19. The van der Waals surface area contributed by atoms with E-state index in [-0.39, 0.29) is 5.92 Å². The highest BCUT2D eigenvalue weighted by atomic mass is 32.1. The van der Waals surface area contributed by atoms with Crippen molar-refractivity contribution in [2.45, 2.75) is 37.0 Å². The highest BCUT2D eigenvalue weighted by Gasteiger charge is 2.58. The number of nitrogens with zero attached hydrogens (tertiary/aromatic N) is 2. The summed E-state index contributed by atoms with van der Waals surface area (Å²) in [6.45, 7) is 0.650. The minimum Gasteiger partial charge on any atom is -0.466 e. The largest absolute Gasteiger partial charge is 0.466 e. The number of benzene rings is 1. The lowest BCUT2D eigenvalue weighted by molar-refractivity contribution is -0.274. The summed E-state index contributed by atoms with van der Waals surface area (Å²) >= 11 is 1.61. The van der Waals surface area contributed by atoms with Gasteiger partial charge in [-0.3, -0.25) is 4.79 Å². The molecular formula is C20H19F3N2O3S. The number of piperidine rings is 1. The second-order valence-corrected chi connectivity index (χ2v) is 8.25. The first-order valence-electron chi connectivity index (χ1n) is 9.24. The number of aliphatic hydroxyl groups is 1. The van der Waals surface area contributed by atoms with E-state index in [2.05, 4.69) is 4.98 Å². The molecule has 1 saturated heterocycles. The van der Waals surface area contributed by atoms with Crippen LogP contribution in [0.3, 0.4) is 0 Å². The molecule has 3 heterocycles. The SMILES string of the molecule is O=C(C[C@@](O)(c1ccco1)C(F)(F)F)N1CCC(c2nc3ccccc3s2)CC1. The quantitative estimate of drug-likeness (QED) is 0.673. The number of thiazole rings is 1. The number of fused-ring (bicyclic) bond motifs is 1. The first-order valence-corrected chi connectivity index (χ1v) is 10.1. The van der Waals surface area contributed by atoms with Gasteiger partial charge in [0.2, 0.25) is 11.5 Å². The monoisotopic (exact) mass is 424 g/mol. The van der Waals surface area contributed by atoms with E-state index in [1.54, 1.807) is 11.3 Å². The summed E-state index contributed by atoms with van der Waals surface area (Å²) in [6.07, 6.45) is -3.84. The molecule has 1 aromatic carbocycles. The zero-order valence-corrected chi connectivity index (χ0v) is 16.2. The lowest BCUT2D eigenvalue weighted by Crippen LogP contribution is -2.48. The molecule has 1 aliphatic heterocycles. The molecule has 5 nitrogen and oxygen atoms in total. The number of aromatic nitrogens is 1. The van der Waals surface area contributed by atoms with Crippen LogP contribution in [-0.4, -0.2) is 40.2 Å². The van der Waals surface area contributed by atoms with Crippen LogP contribution in [0, 0.1) is 0 Å². The highest BCUT2D eigenvalue weighted by Crippen LogP contribution is 2.42. The van der Waals surface area contributed by atoms with Crippen molar-refractivity contribution in [2.75, 3.05) is 13.1 Å². The van der Waals surface area contributed by atoms with Crippen molar-refractivity contribution in [3.8, 4) is 0 Å². The van der Waals surface area contributed by atoms with Crippen molar-refractivity contribution in [3.63, 3.8) is 0 Å². The van der Waals surface area contributed by atoms with Gasteiger partial charge in [0.05, 0.1) is 27.9 Å². The minimum absolute atomic E-state index is 0.169. The number of hydrogen-bond donors (Lipinski definition) is 1. The van der Waals surface area contributed by atoms with E-state index in [1.165, 1.54) is 11.0 Å². The first kappa shape index (κ1) is 19.9. The van der Waals surface area contributed by atoms with Crippen molar-refractivity contribution in [1.29, 1.82) is 0 Å². The summed E-state index contributed by atoms with van der Waals surface area (Å²) in [7, 11) is 0. The zero-order valence-electron chi connectivity index (χ0n) is 15.4. The summed E-state index contributed by atoms with van der Waals surface area (Å²) < 4.78 is 46.3. The Morgan fingerprint density at radius 1 is 1.21 bits per heavy atom. The number of amides is 1. The van der Waals surface area contributed by atoms with Gasteiger partial charge in [0.1, 0.15) is 5.76 Å². The fraction of sp³-hybridized carbons (Fsp3) is 0.400. The summed E-state index contributed by atoms with van der Waals surface area (Å²) in [4.78, 5) is 18.6. The minimum atomic E-state index is -5.03. The molecular weight excluding hydrogens is 405 g/mol. The van der Waals surface area contributed by atoms with E-state index in [0.29, 0.717) is 25.9 Å². The maximum absolute atomic E-state index is 13.5. The summed E-state index contributed by atoms with van der Waals surface area (Å²) in [5.74, 6) is -1.25. The second kappa shape index (κ2) is 7.46. The average Bonchev–Trinajstić information content (AvgIpc) is 3.37. The topological polar surface area (TPSA) is 66.6 Å². The Hall–Kier alpha value is -2.39. The number of halogens is 3. The Morgan fingerprint density at radius 3 is 2.55 bits per heavy atom. The standard InChI is InChI=1S/C20H19F3N2O3S/c21-20(22,23)19(27,16-6-3-11-28-16)12-17(26)25-9-7-13(8-10-25)18-24-14-4-1-2-5-15(14)29-18/h1-6,11,13,27H,7-10,12H2/t19-/m1/s1. The Morgan fingerprint density at radius 2 is 1.93 bits per heavy atom. The molecule has 154 valence electrons. The van der Waals surface area contributed by atoms with Gasteiger partial charge in [0, 0.05) is 19.0 Å². The molecule has 9 heteroatoms. The third-order valence-corrected chi connectivity index (χ3v) is 6.51. The van der Waals surface area contributed by atoms with Gasteiger partial charge >= 0.3 is 6.18 Å². The first-order chi connectivity index (χ1) is 13.8. The van der Waals surface area contributed by atoms with Crippen LogP contribution in [0.4, 0.5) is 13.2 Å². The number of furan rings is 1. The molecule has 2 aromatic heterocycles. The predicted molar refractivity (Wildman–Crippen MR) is 101 cm³/mol. The number of likely N-dealkylation sites (tertiary alicyclic amines) is 1. The van der Waals surface area contributed by atoms with Crippen LogP contribution in [0.15, 0.2) is 47.1 Å². The molecule has 0 bridgehead atoms. The third-order valence-electron chi connectivity index (χ3n) is 5.31. The number of para-hydroxylation sites is 1. The lowest BCUT2D eigenvalue weighted by atomic mass is 9.93. The van der Waals surface area contributed by atoms with Gasteiger partial charge in [0.25, 0.3) is 0 Å². The van der Waals surface area contributed by atoms with Crippen LogP contribution in [0.2, 0.25) is 0 Å². The maximum atomic E-state index is 13.5. The van der Waals surface area contributed by atoms with E-state index in [0.717, 1.165) is 27.6 Å². The van der Waals surface area contributed by atoms with Crippen LogP contribution < -0.4 is 0 Å². The van der Waals surface area contributed by atoms with Gasteiger partial charge in [-0.05, 0) is 37.1 Å². The van der Waals surface area contributed by atoms with Crippen molar-refractivity contribution >= 4 is 27.5 Å². The third kappa shape index (κ3) is 3.76. The molecule has 1 aliphatic rings. The van der Waals surface area contributed by atoms with Crippen molar-refractivity contribution < 1.29 is 27.5 Å². The normalized spacial score (nSPS) is 18.1. The number of alkyl halides is 3. The summed E-state index contributed by atoms with van der Waals surface area (Å²) in [5.41, 5.74) is -2.41. The van der Waals surface area contributed by atoms with Crippen molar-refractivity contribution in [1.82, 2.24) is 9.88 Å². The molecule has 0 radical (unpaired) electrons. The van der Waals surface area contributed by atoms with Crippen LogP contribution in [-0.2, 0) is 10.4 Å². The number of rotatable bonds is 4. The molecule has 4 rings (SSSR count). The molecule has 0 saturated carbocycles. The Balaban J connectivity index is 1.43. The van der Waals surface area contributed by atoms with Crippen molar-refractivity contribution in [3.05, 3.63) is 53.4 Å². The Kier molecular flexibility index (Phi) is 5.12. The molecule has 1 fully saturated rings. The fourth-order valence-electron chi connectivity index (χ4n) is 3.61. The smallest absolute Gasteiger partial charge is 0.425 e. The summed E-state index contributed by atoms with van der Waals surface area (Å²) in [5, 5.41) is 11.2. The van der Waals surface area contributed by atoms with Crippen LogP contribution >= 0.6 is 11.3 Å². The van der Waals surface area contributed by atoms with Gasteiger partial charge in [-0.15, -0.1) is 11.3 Å². The molecule has 1 N–H and O–H groups in total. The Labute approximate surface area is 168 Å².